The van der Waals surface area contributed by atoms with Gasteiger partial charge in [-0.25, -0.2) is 0 Å². The predicted octanol–water partition coefficient (Wildman–Crippen LogP) is 5.07. The van der Waals surface area contributed by atoms with Crippen molar-refractivity contribution in [1.82, 2.24) is 5.32 Å². The van der Waals surface area contributed by atoms with E-state index in [0.29, 0.717) is 5.11 Å². The first-order valence-electron chi connectivity index (χ1n) is 9.47. The van der Waals surface area contributed by atoms with Crippen LogP contribution in [0.25, 0.3) is 0 Å². The Kier molecular flexibility index (Phi) is 5.98. The smallest absolute Gasteiger partial charge is 0.171 e. The highest BCUT2D eigenvalue weighted by Crippen LogP contribution is 2.41. The first-order chi connectivity index (χ1) is 13.3. The number of ether oxygens (including phenoxy) is 3. The predicted molar refractivity (Wildman–Crippen MR) is 117 cm³/mol. The third-order valence-electron chi connectivity index (χ3n) is 4.47. The number of anilines is 1. The van der Waals surface area contributed by atoms with Gasteiger partial charge in [-0.1, -0.05) is 0 Å². The zero-order valence-corrected chi connectivity index (χ0v) is 17.9. The number of hydrogen-bond acceptors (Lipinski definition) is 4. The minimum atomic E-state index is -0.303. The summed E-state index contributed by atoms with van der Waals surface area (Å²) >= 11 is 5.55. The van der Waals surface area contributed by atoms with Gasteiger partial charge in [0.2, 0.25) is 0 Å². The first-order valence-corrected chi connectivity index (χ1v) is 9.88. The number of rotatable bonds is 5. The average molecular weight is 401 g/mol. The maximum atomic E-state index is 6.14. The minimum absolute atomic E-state index is 0.0493. The lowest BCUT2D eigenvalue weighted by Gasteiger charge is -2.38. The molecule has 0 saturated heterocycles. The van der Waals surface area contributed by atoms with Gasteiger partial charge in [0, 0.05) is 23.7 Å². The highest BCUT2D eigenvalue weighted by atomic mass is 32.1. The topological polar surface area (TPSA) is 51.8 Å². The van der Waals surface area contributed by atoms with Crippen molar-refractivity contribution in [2.45, 2.75) is 51.9 Å². The first kappa shape index (κ1) is 20.3. The molecule has 0 spiro atoms. The third kappa shape index (κ3) is 5.07. The van der Waals surface area contributed by atoms with Crippen molar-refractivity contribution >= 4 is 23.0 Å². The third-order valence-corrected chi connectivity index (χ3v) is 4.69. The molecule has 0 aliphatic carbocycles. The Morgan fingerprint density at radius 2 is 1.82 bits per heavy atom. The summed E-state index contributed by atoms with van der Waals surface area (Å²) in [4.78, 5) is 0. The largest absolute Gasteiger partial charge is 0.497 e. The lowest BCUT2D eigenvalue weighted by Crippen LogP contribution is -2.42. The van der Waals surface area contributed by atoms with E-state index in [0.717, 1.165) is 34.9 Å². The Balaban J connectivity index is 1.70. The summed E-state index contributed by atoms with van der Waals surface area (Å²) in [5, 5.41) is 7.25. The van der Waals surface area contributed by atoms with Crippen molar-refractivity contribution in [3.05, 3.63) is 48.0 Å². The summed E-state index contributed by atoms with van der Waals surface area (Å²) in [7, 11) is 1.65. The van der Waals surface area contributed by atoms with E-state index in [1.807, 2.05) is 56.3 Å². The fourth-order valence-electron chi connectivity index (χ4n) is 3.30. The molecule has 0 amide bonds. The van der Waals surface area contributed by atoms with E-state index in [4.69, 9.17) is 26.4 Å². The van der Waals surface area contributed by atoms with Crippen LogP contribution in [0.2, 0.25) is 0 Å². The highest BCUT2D eigenvalue weighted by molar-refractivity contribution is 7.80. The van der Waals surface area contributed by atoms with Gasteiger partial charge in [-0.05, 0) is 76.3 Å². The molecule has 0 fully saturated rings. The number of benzene rings is 2. The van der Waals surface area contributed by atoms with Gasteiger partial charge in [0.25, 0.3) is 0 Å². The van der Waals surface area contributed by atoms with Gasteiger partial charge in [-0.2, -0.15) is 0 Å². The SMILES string of the molecule is COc1ccc2c(c1)OC(C)(C)CC2NC(=S)Nc1ccc(OC(C)C)cc1. The number of thiocarbonyl (C=S) groups is 1. The number of fused-ring (bicyclic) bond motifs is 1. The van der Waals surface area contributed by atoms with Crippen molar-refractivity contribution in [3.63, 3.8) is 0 Å². The summed E-state index contributed by atoms with van der Waals surface area (Å²) < 4.78 is 17.1. The molecule has 1 aliphatic heterocycles. The molecular weight excluding hydrogens is 372 g/mol. The van der Waals surface area contributed by atoms with Crippen LogP contribution in [-0.4, -0.2) is 23.9 Å². The summed E-state index contributed by atoms with van der Waals surface area (Å²) in [6.07, 6.45) is 0.951. The van der Waals surface area contributed by atoms with Crippen molar-refractivity contribution in [1.29, 1.82) is 0 Å². The molecule has 2 aromatic carbocycles. The highest BCUT2D eigenvalue weighted by Gasteiger charge is 2.34. The molecule has 28 heavy (non-hydrogen) atoms. The molecule has 0 saturated carbocycles. The van der Waals surface area contributed by atoms with Crippen LogP contribution in [0.15, 0.2) is 42.5 Å². The van der Waals surface area contributed by atoms with Crippen molar-refractivity contribution < 1.29 is 14.2 Å². The maximum absolute atomic E-state index is 6.14. The zero-order valence-electron chi connectivity index (χ0n) is 17.0. The van der Waals surface area contributed by atoms with Crippen LogP contribution in [-0.2, 0) is 0 Å². The van der Waals surface area contributed by atoms with Crippen LogP contribution in [0, 0.1) is 0 Å². The van der Waals surface area contributed by atoms with Crippen LogP contribution in [0.1, 0.15) is 45.7 Å². The molecule has 2 N–H and O–H groups in total. The zero-order chi connectivity index (χ0) is 20.3. The average Bonchev–Trinajstić information content (AvgIpc) is 2.61. The van der Waals surface area contributed by atoms with Gasteiger partial charge in [0.15, 0.2) is 5.11 Å². The monoisotopic (exact) mass is 400 g/mol. The van der Waals surface area contributed by atoms with Crippen LogP contribution >= 0.6 is 12.2 Å². The van der Waals surface area contributed by atoms with Crippen LogP contribution in [0.3, 0.4) is 0 Å². The molecule has 3 rings (SSSR count). The molecule has 5 nitrogen and oxygen atoms in total. The second-order valence-electron chi connectivity index (χ2n) is 7.81. The normalized spacial score (nSPS) is 17.3. The van der Waals surface area contributed by atoms with E-state index < -0.39 is 0 Å². The van der Waals surface area contributed by atoms with E-state index in [9.17, 15) is 0 Å². The van der Waals surface area contributed by atoms with E-state index in [1.54, 1.807) is 7.11 Å². The summed E-state index contributed by atoms with van der Waals surface area (Å²) in [5.74, 6) is 2.44. The molecule has 0 aromatic heterocycles. The van der Waals surface area contributed by atoms with Gasteiger partial charge in [-0.15, -0.1) is 0 Å². The number of nitrogens with one attached hydrogen (secondary N) is 2. The second kappa shape index (κ2) is 8.27. The molecule has 1 unspecified atom stereocenters. The van der Waals surface area contributed by atoms with Crippen molar-refractivity contribution in [2.24, 2.45) is 0 Å². The Hall–Kier alpha value is -2.47. The quantitative estimate of drug-likeness (QED) is 0.684. The van der Waals surface area contributed by atoms with E-state index in [1.165, 1.54) is 0 Å². The van der Waals surface area contributed by atoms with Gasteiger partial charge < -0.3 is 24.8 Å². The molecule has 0 bridgehead atoms. The Morgan fingerprint density at radius 1 is 1.14 bits per heavy atom. The van der Waals surface area contributed by atoms with Crippen LogP contribution in [0.4, 0.5) is 5.69 Å². The molecule has 6 heteroatoms. The van der Waals surface area contributed by atoms with Gasteiger partial charge >= 0.3 is 0 Å². The molecule has 0 radical (unpaired) electrons. The van der Waals surface area contributed by atoms with E-state index in [-0.39, 0.29) is 17.7 Å². The minimum Gasteiger partial charge on any atom is -0.497 e. The summed E-state index contributed by atoms with van der Waals surface area (Å²) in [5.41, 5.74) is 1.68. The molecule has 1 heterocycles. The molecule has 2 aromatic rings. The van der Waals surface area contributed by atoms with Crippen LogP contribution < -0.4 is 24.8 Å². The molecule has 150 valence electrons. The Labute approximate surface area is 172 Å². The van der Waals surface area contributed by atoms with Crippen molar-refractivity contribution in [3.8, 4) is 17.2 Å². The van der Waals surface area contributed by atoms with Crippen molar-refractivity contribution in [2.75, 3.05) is 12.4 Å². The molecule has 1 atom stereocenters. The van der Waals surface area contributed by atoms with Crippen LogP contribution in [0.5, 0.6) is 17.2 Å². The Bertz CT molecular complexity index is 834. The van der Waals surface area contributed by atoms with Gasteiger partial charge in [0.1, 0.15) is 22.8 Å². The summed E-state index contributed by atoms with van der Waals surface area (Å²) in [6, 6.07) is 13.7. The second-order valence-corrected chi connectivity index (χ2v) is 8.22. The molecule has 1 aliphatic rings. The molecular formula is C22H28N2O3S. The Morgan fingerprint density at radius 3 is 2.46 bits per heavy atom. The van der Waals surface area contributed by atoms with Gasteiger partial charge in [-0.3, -0.25) is 0 Å². The number of methoxy groups -OCH3 is 1. The standard InChI is InChI=1S/C22H28N2O3S/c1-14(2)26-16-8-6-15(7-9-16)23-21(28)24-19-13-22(3,4)27-20-12-17(25-5)10-11-18(19)20/h6-12,14,19H,13H2,1-5H3,(H2,23,24,28). The lowest BCUT2D eigenvalue weighted by atomic mass is 9.89. The fourth-order valence-corrected chi connectivity index (χ4v) is 3.56. The summed E-state index contributed by atoms with van der Waals surface area (Å²) in [6.45, 7) is 8.17. The van der Waals surface area contributed by atoms with Gasteiger partial charge in [0.05, 0.1) is 19.3 Å². The fraction of sp³-hybridized carbons (Fsp3) is 0.409. The lowest BCUT2D eigenvalue weighted by molar-refractivity contribution is 0.0693. The van der Waals surface area contributed by atoms with E-state index in [2.05, 4.69) is 24.5 Å². The number of hydrogen-bond donors (Lipinski definition) is 2. The maximum Gasteiger partial charge on any atom is 0.171 e. The van der Waals surface area contributed by atoms with E-state index >= 15 is 0 Å².